The molecule has 0 aliphatic heterocycles. The summed E-state index contributed by atoms with van der Waals surface area (Å²) in [5.41, 5.74) is 1.87. The number of para-hydroxylation sites is 2. The summed E-state index contributed by atoms with van der Waals surface area (Å²) in [6.45, 7) is 0.596. The number of hydrogen-bond donors (Lipinski definition) is 0. The minimum absolute atomic E-state index is 0.245. The fraction of sp³-hybridized carbons (Fsp3) is 0.200. The van der Waals surface area contributed by atoms with Crippen molar-refractivity contribution in [3.63, 3.8) is 0 Å². The number of hydrogen-bond acceptors (Lipinski definition) is 2. The Morgan fingerprint density at radius 1 is 1.16 bits per heavy atom. The number of anilines is 1. The van der Waals surface area contributed by atoms with Gasteiger partial charge < -0.3 is 9.64 Å². The predicted molar refractivity (Wildman–Crippen MR) is 79.2 cm³/mol. The van der Waals surface area contributed by atoms with Crippen LogP contribution in [0.25, 0.3) is 0 Å². The molecule has 100 valence electrons. The van der Waals surface area contributed by atoms with E-state index in [0.29, 0.717) is 11.0 Å². The molecule has 0 saturated heterocycles. The molecule has 19 heavy (non-hydrogen) atoms. The van der Waals surface area contributed by atoms with Gasteiger partial charge in [0.15, 0.2) is 0 Å². The molecule has 0 heterocycles. The molecule has 0 saturated carbocycles. The van der Waals surface area contributed by atoms with Crippen LogP contribution in [0.4, 0.5) is 10.1 Å². The van der Waals surface area contributed by atoms with Gasteiger partial charge in [-0.1, -0.05) is 24.3 Å². The van der Waals surface area contributed by atoms with E-state index < -0.39 is 0 Å². The third-order valence-corrected chi connectivity index (χ3v) is 3.82. The highest BCUT2D eigenvalue weighted by molar-refractivity contribution is 9.10. The Hall–Kier alpha value is -1.55. The predicted octanol–water partition coefficient (Wildman–Crippen LogP) is 4.23. The molecule has 2 rings (SSSR count). The van der Waals surface area contributed by atoms with Gasteiger partial charge in [-0.2, -0.15) is 0 Å². The largest absolute Gasteiger partial charge is 0.495 e. The summed E-state index contributed by atoms with van der Waals surface area (Å²) < 4.78 is 19.3. The summed E-state index contributed by atoms with van der Waals surface area (Å²) in [5.74, 6) is 0.559. The van der Waals surface area contributed by atoms with Gasteiger partial charge in [0, 0.05) is 13.6 Å². The molecule has 0 aliphatic rings. The van der Waals surface area contributed by atoms with E-state index in [4.69, 9.17) is 4.74 Å². The van der Waals surface area contributed by atoms with Crippen molar-refractivity contribution in [2.75, 3.05) is 19.1 Å². The molecule has 4 heteroatoms. The zero-order valence-corrected chi connectivity index (χ0v) is 12.4. The van der Waals surface area contributed by atoms with Crippen molar-refractivity contribution in [2.24, 2.45) is 0 Å². The number of ether oxygens (including phenoxy) is 1. The highest BCUT2D eigenvalue weighted by Crippen LogP contribution is 2.29. The van der Waals surface area contributed by atoms with E-state index in [1.807, 2.05) is 42.3 Å². The second-order valence-electron chi connectivity index (χ2n) is 4.24. The van der Waals surface area contributed by atoms with Crippen LogP contribution in [0.5, 0.6) is 5.75 Å². The Morgan fingerprint density at radius 3 is 2.63 bits per heavy atom. The maximum Gasteiger partial charge on any atom is 0.142 e. The lowest BCUT2D eigenvalue weighted by molar-refractivity contribution is 0.415. The van der Waals surface area contributed by atoms with E-state index in [1.54, 1.807) is 13.2 Å². The molecule has 0 spiro atoms. The maximum atomic E-state index is 13.5. The van der Waals surface area contributed by atoms with Crippen molar-refractivity contribution in [1.29, 1.82) is 0 Å². The van der Waals surface area contributed by atoms with E-state index in [0.717, 1.165) is 17.0 Å². The maximum absolute atomic E-state index is 13.5. The van der Waals surface area contributed by atoms with Gasteiger partial charge in [-0.05, 0) is 39.7 Å². The van der Waals surface area contributed by atoms with Gasteiger partial charge in [0.2, 0.25) is 0 Å². The lowest BCUT2D eigenvalue weighted by atomic mass is 10.2. The second-order valence-corrected chi connectivity index (χ2v) is 5.03. The third-order valence-electron chi connectivity index (χ3n) is 2.94. The van der Waals surface area contributed by atoms with Gasteiger partial charge >= 0.3 is 0 Å². The lowest BCUT2D eigenvalue weighted by Crippen LogP contribution is -2.17. The number of nitrogens with zero attached hydrogens (tertiary/aromatic N) is 1. The van der Waals surface area contributed by atoms with Crippen LogP contribution in [0.15, 0.2) is 46.9 Å². The summed E-state index contributed by atoms with van der Waals surface area (Å²) in [5, 5.41) is 0. The van der Waals surface area contributed by atoms with Crippen LogP contribution in [0, 0.1) is 5.82 Å². The summed E-state index contributed by atoms with van der Waals surface area (Å²) in [4.78, 5) is 2.03. The van der Waals surface area contributed by atoms with Gasteiger partial charge in [-0.25, -0.2) is 4.39 Å². The Kier molecular flexibility index (Phi) is 4.43. The first kappa shape index (κ1) is 13.9. The van der Waals surface area contributed by atoms with Crippen LogP contribution in [0.1, 0.15) is 5.56 Å². The molecule has 0 amide bonds. The molecule has 0 fully saturated rings. The van der Waals surface area contributed by atoms with E-state index >= 15 is 0 Å². The molecule has 0 aliphatic carbocycles. The van der Waals surface area contributed by atoms with Crippen molar-refractivity contribution in [1.82, 2.24) is 0 Å². The van der Waals surface area contributed by atoms with Crippen LogP contribution in [-0.4, -0.2) is 14.2 Å². The van der Waals surface area contributed by atoms with E-state index in [1.165, 1.54) is 6.07 Å². The molecule has 0 aromatic heterocycles. The van der Waals surface area contributed by atoms with Gasteiger partial charge in [-0.3, -0.25) is 0 Å². The molecule has 0 N–H and O–H groups in total. The normalized spacial score (nSPS) is 10.3. The van der Waals surface area contributed by atoms with Crippen LogP contribution >= 0.6 is 15.9 Å². The average Bonchev–Trinajstić information content (AvgIpc) is 2.43. The molecule has 0 bridgehead atoms. The van der Waals surface area contributed by atoms with Crippen molar-refractivity contribution < 1.29 is 9.13 Å². The fourth-order valence-corrected chi connectivity index (χ4v) is 2.35. The fourth-order valence-electron chi connectivity index (χ4n) is 1.96. The SMILES string of the molecule is COc1ccccc1N(C)Cc1cccc(F)c1Br. The topological polar surface area (TPSA) is 12.5 Å². The lowest BCUT2D eigenvalue weighted by Gasteiger charge is -2.22. The molecule has 0 radical (unpaired) electrons. The Bertz CT molecular complexity index is 574. The highest BCUT2D eigenvalue weighted by atomic mass is 79.9. The Balaban J connectivity index is 2.26. The Morgan fingerprint density at radius 2 is 1.89 bits per heavy atom. The second kappa shape index (κ2) is 6.06. The monoisotopic (exact) mass is 323 g/mol. The zero-order valence-electron chi connectivity index (χ0n) is 10.9. The quantitative estimate of drug-likeness (QED) is 0.834. The molecule has 0 unspecified atom stereocenters. The number of benzene rings is 2. The van der Waals surface area contributed by atoms with Crippen LogP contribution in [-0.2, 0) is 6.54 Å². The van der Waals surface area contributed by atoms with Gasteiger partial charge in [0.05, 0.1) is 17.3 Å². The smallest absolute Gasteiger partial charge is 0.142 e. The first-order valence-electron chi connectivity index (χ1n) is 5.90. The zero-order chi connectivity index (χ0) is 13.8. The molecular formula is C15H15BrFNO. The summed E-state index contributed by atoms with van der Waals surface area (Å²) in [7, 11) is 3.60. The minimum Gasteiger partial charge on any atom is -0.495 e. The van der Waals surface area contributed by atoms with Crippen LogP contribution < -0.4 is 9.64 Å². The van der Waals surface area contributed by atoms with Crippen molar-refractivity contribution in [2.45, 2.75) is 6.54 Å². The van der Waals surface area contributed by atoms with Crippen molar-refractivity contribution in [3.8, 4) is 5.75 Å². The first-order valence-corrected chi connectivity index (χ1v) is 6.70. The van der Waals surface area contributed by atoms with Crippen LogP contribution in [0.2, 0.25) is 0 Å². The molecule has 2 aromatic carbocycles. The standard InChI is InChI=1S/C15H15BrFNO/c1-18(13-8-3-4-9-14(13)19-2)10-11-6-5-7-12(17)15(11)16/h3-9H,10H2,1-2H3. The molecule has 2 nitrogen and oxygen atoms in total. The summed E-state index contributed by atoms with van der Waals surface area (Å²) in [6, 6.07) is 12.8. The van der Waals surface area contributed by atoms with E-state index in [2.05, 4.69) is 15.9 Å². The van der Waals surface area contributed by atoms with Crippen LogP contribution in [0.3, 0.4) is 0 Å². The number of rotatable bonds is 4. The van der Waals surface area contributed by atoms with Gasteiger partial charge in [-0.15, -0.1) is 0 Å². The average molecular weight is 324 g/mol. The van der Waals surface area contributed by atoms with Crippen molar-refractivity contribution >= 4 is 21.6 Å². The van der Waals surface area contributed by atoms with Gasteiger partial charge in [0.1, 0.15) is 11.6 Å². The summed E-state index contributed by atoms with van der Waals surface area (Å²) >= 11 is 3.28. The van der Waals surface area contributed by atoms with E-state index in [-0.39, 0.29) is 5.82 Å². The highest BCUT2D eigenvalue weighted by Gasteiger charge is 2.11. The molecule has 0 atom stereocenters. The van der Waals surface area contributed by atoms with Crippen molar-refractivity contribution in [3.05, 3.63) is 58.3 Å². The van der Waals surface area contributed by atoms with E-state index in [9.17, 15) is 4.39 Å². The number of halogens is 2. The third kappa shape index (κ3) is 3.07. The first-order chi connectivity index (χ1) is 9.13. The molecule has 2 aromatic rings. The minimum atomic E-state index is -0.245. The molecular weight excluding hydrogens is 309 g/mol. The number of methoxy groups -OCH3 is 1. The Labute approximate surface area is 120 Å². The summed E-state index contributed by atoms with van der Waals surface area (Å²) in [6.07, 6.45) is 0. The van der Waals surface area contributed by atoms with Gasteiger partial charge in [0.25, 0.3) is 0 Å².